The highest BCUT2D eigenvalue weighted by Gasteiger charge is 2.37. The maximum atomic E-state index is 11.2. The number of hydrogen-bond donors (Lipinski definition) is 0. The molecular weight excluding hydrogens is 152 g/mol. The van der Waals surface area contributed by atoms with Crippen molar-refractivity contribution in [2.24, 2.45) is 5.41 Å². The molecule has 0 N–H and O–H groups in total. The Kier molecular flexibility index (Phi) is 3.12. The van der Waals surface area contributed by atoms with Crippen LogP contribution in [0.5, 0.6) is 0 Å². The summed E-state index contributed by atoms with van der Waals surface area (Å²) in [6.45, 7) is 4.54. The molecule has 1 aliphatic rings. The molecule has 2 heteroatoms. The molecule has 0 aliphatic heterocycles. The molecule has 0 radical (unpaired) electrons. The second-order valence-corrected chi connectivity index (χ2v) is 3.69. The van der Waals surface area contributed by atoms with Gasteiger partial charge in [0.15, 0.2) is 0 Å². The Hall–Kier alpha value is -0.530. The minimum Gasteiger partial charge on any atom is -0.466 e. The van der Waals surface area contributed by atoms with Crippen LogP contribution in [0, 0.1) is 5.41 Å². The van der Waals surface area contributed by atoms with Crippen LogP contribution < -0.4 is 0 Å². The molecule has 2 nitrogen and oxygen atoms in total. The summed E-state index contributed by atoms with van der Waals surface area (Å²) >= 11 is 0. The molecule has 0 saturated heterocycles. The molecule has 0 atom stereocenters. The van der Waals surface area contributed by atoms with Crippen molar-refractivity contribution in [1.82, 2.24) is 0 Å². The van der Waals surface area contributed by atoms with Crippen LogP contribution in [0.15, 0.2) is 0 Å². The average molecular weight is 170 g/mol. The Morgan fingerprint density at radius 3 is 2.42 bits per heavy atom. The first-order valence-corrected chi connectivity index (χ1v) is 4.88. The number of rotatable bonds is 4. The van der Waals surface area contributed by atoms with Gasteiger partial charge in [-0.1, -0.05) is 13.3 Å². The van der Waals surface area contributed by atoms with E-state index in [-0.39, 0.29) is 5.97 Å². The summed E-state index contributed by atoms with van der Waals surface area (Å²) in [5.74, 6) is -0.0148. The number of carbonyl (C=O) groups excluding carboxylic acids is 1. The molecule has 0 aromatic rings. The second kappa shape index (κ2) is 3.92. The summed E-state index contributed by atoms with van der Waals surface area (Å²) in [4.78, 5) is 11.2. The van der Waals surface area contributed by atoms with Crippen molar-refractivity contribution in [2.45, 2.75) is 46.0 Å². The molecule has 0 aromatic carbocycles. The summed E-state index contributed by atoms with van der Waals surface area (Å²) in [6.07, 6.45) is 5.46. The summed E-state index contributed by atoms with van der Waals surface area (Å²) in [5, 5.41) is 0. The molecule has 0 unspecified atom stereocenters. The van der Waals surface area contributed by atoms with Crippen molar-refractivity contribution in [1.29, 1.82) is 0 Å². The summed E-state index contributed by atoms with van der Waals surface area (Å²) in [5.41, 5.74) is 0.312. The zero-order valence-corrected chi connectivity index (χ0v) is 8.06. The minimum atomic E-state index is -0.0148. The lowest BCUT2D eigenvalue weighted by molar-refractivity contribution is -0.147. The van der Waals surface area contributed by atoms with E-state index in [0.29, 0.717) is 18.4 Å². The third-order valence-electron chi connectivity index (χ3n) is 2.99. The molecule has 1 rings (SSSR count). The Morgan fingerprint density at radius 2 is 2.08 bits per heavy atom. The van der Waals surface area contributed by atoms with Crippen molar-refractivity contribution < 1.29 is 9.53 Å². The van der Waals surface area contributed by atoms with Gasteiger partial charge < -0.3 is 4.74 Å². The van der Waals surface area contributed by atoms with Crippen molar-refractivity contribution in [3.05, 3.63) is 0 Å². The molecule has 12 heavy (non-hydrogen) atoms. The molecule has 1 fully saturated rings. The van der Waals surface area contributed by atoms with Crippen LogP contribution in [-0.4, -0.2) is 12.6 Å². The standard InChI is InChI=1S/C10H18O2/c1-3-10(6-5-7-10)8-9(11)12-4-2/h3-8H2,1-2H3. The zero-order chi connectivity index (χ0) is 9.03. The molecule has 1 aliphatic carbocycles. The maximum absolute atomic E-state index is 11.2. The van der Waals surface area contributed by atoms with E-state index >= 15 is 0 Å². The van der Waals surface area contributed by atoms with E-state index in [1.807, 2.05) is 6.92 Å². The van der Waals surface area contributed by atoms with E-state index < -0.39 is 0 Å². The van der Waals surface area contributed by atoms with Gasteiger partial charge in [-0.2, -0.15) is 0 Å². The van der Waals surface area contributed by atoms with E-state index in [2.05, 4.69) is 6.92 Å². The first-order chi connectivity index (χ1) is 5.72. The van der Waals surface area contributed by atoms with Crippen molar-refractivity contribution >= 4 is 5.97 Å². The molecule has 0 aromatic heterocycles. The minimum absolute atomic E-state index is 0.0148. The number of hydrogen-bond acceptors (Lipinski definition) is 2. The third kappa shape index (κ3) is 1.99. The van der Waals surface area contributed by atoms with E-state index in [9.17, 15) is 4.79 Å². The Morgan fingerprint density at radius 1 is 1.42 bits per heavy atom. The van der Waals surface area contributed by atoms with Crippen LogP contribution in [0.1, 0.15) is 46.0 Å². The Labute approximate surface area is 74.3 Å². The van der Waals surface area contributed by atoms with Crippen molar-refractivity contribution in [2.75, 3.05) is 6.61 Å². The number of carbonyl (C=O) groups is 1. The smallest absolute Gasteiger partial charge is 0.306 e. The zero-order valence-electron chi connectivity index (χ0n) is 8.06. The van der Waals surface area contributed by atoms with Gasteiger partial charge in [-0.15, -0.1) is 0 Å². The fourth-order valence-electron chi connectivity index (χ4n) is 1.85. The summed E-state index contributed by atoms with van der Waals surface area (Å²) in [6, 6.07) is 0. The van der Waals surface area contributed by atoms with Gasteiger partial charge >= 0.3 is 5.97 Å². The van der Waals surface area contributed by atoms with Crippen LogP contribution in [0.3, 0.4) is 0 Å². The van der Waals surface area contributed by atoms with E-state index in [1.54, 1.807) is 0 Å². The Bertz CT molecular complexity index is 154. The lowest BCUT2D eigenvalue weighted by atomic mass is 9.65. The van der Waals surface area contributed by atoms with E-state index in [4.69, 9.17) is 4.74 Å². The lowest BCUT2D eigenvalue weighted by Crippen LogP contribution is -2.31. The third-order valence-corrected chi connectivity index (χ3v) is 2.99. The van der Waals surface area contributed by atoms with Crippen molar-refractivity contribution in [3.63, 3.8) is 0 Å². The second-order valence-electron chi connectivity index (χ2n) is 3.69. The molecule has 0 bridgehead atoms. The molecule has 0 spiro atoms. The monoisotopic (exact) mass is 170 g/mol. The van der Waals surface area contributed by atoms with E-state index in [1.165, 1.54) is 19.3 Å². The van der Waals surface area contributed by atoms with Gasteiger partial charge in [-0.3, -0.25) is 4.79 Å². The SMILES string of the molecule is CCOC(=O)CC1(CC)CCC1. The highest BCUT2D eigenvalue weighted by Crippen LogP contribution is 2.46. The molecule has 0 amide bonds. The quantitative estimate of drug-likeness (QED) is 0.606. The van der Waals surface area contributed by atoms with Crippen LogP contribution in [-0.2, 0) is 9.53 Å². The van der Waals surface area contributed by atoms with Gasteiger partial charge in [0, 0.05) is 0 Å². The first kappa shape index (κ1) is 9.56. The van der Waals surface area contributed by atoms with Gasteiger partial charge in [0.05, 0.1) is 13.0 Å². The first-order valence-electron chi connectivity index (χ1n) is 4.88. The fourth-order valence-corrected chi connectivity index (χ4v) is 1.85. The van der Waals surface area contributed by atoms with Gasteiger partial charge in [-0.05, 0) is 31.6 Å². The van der Waals surface area contributed by atoms with Gasteiger partial charge in [-0.25, -0.2) is 0 Å². The average Bonchev–Trinajstić information content (AvgIpc) is 1.97. The highest BCUT2D eigenvalue weighted by atomic mass is 16.5. The maximum Gasteiger partial charge on any atom is 0.306 e. The van der Waals surface area contributed by atoms with Gasteiger partial charge in [0.2, 0.25) is 0 Å². The molecule has 0 heterocycles. The highest BCUT2D eigenvalue weighted by molar-refractivity contribution is 5.70. The number of esters is 1. The lowest BCUT2D eigenvalue weighted by Gasteiger charge is -2.40. The molecular formula is C10H18O2. The van der Waals surface area contributed by atoms with Gasteiger partial charge in [0.1, 0.15) is 0 Å². The normalized spacial score (nSPS) is 19.8. The molecule has 70 valence electrons. The molecule has 1 saturated carbocycles. The van der Waals surface area contributed by atoms with Gasteiger partial charge in [0.25, 0.3) is 0 Å². The van der Waals surface area contributed by atoms with Crippen molar-refractivity contribution in [3.8, 4) is 0 Å². The topological polar surface area (TPSA) is 26.3 Å². The predicted molar refractivity (Wildman–Crippen MR) is 47.8 cm³/mol. The van der Waals surface area contributed by atoms with Crippen LogP contribution in [0.2, 0.25) is 0 Å². The summed E-state index contributed by atoms with van der Waals surface area (Å²) < 4.78 is 4.94. The summed E-state index contributed by atoms with van der Waals surface area (Å²) in [7, 11) is 0. The van der Waals surface area contributed by atoms with E-state index in [0.717, 1.165) is 6.42 Å². The Balaban J connectivity index is 2.32. The van der Waals surface area contributed by atoms with Crippen LogP contribution in [0.25, 0.3) is 0 Å². The van der Waals surface area contributed by atoms with Crippen LogP contribution in [0.4, 0.5) is 0 Å². The predicted octanol–water partition coefficient (Wildman–Crippen LogP) is 2.52. The largest absolute Gasteiger partial charge is 0.466 e. The number of ether oxygens (including phenoxy) is 1. The van der Waals surface area contributed by atoms with Crippen LogP contribution >= 0.6 is 0 Å². The fraction of sp³-hybridized carbons (Fsp3) is 0.900.